The summed E-state index contributed by atoms with van der Waals surface area (Å²) >= 11 is 0. The highest BCUT2D eigenvalue weighted by Crippen LogP contribution is 2.16. The Bertz CT molecular complexity index is 631. The molecular formula is C15H15FN4. The number of nitrogen functional groups attached to an aromatic ring is 1. The molecule has 1 aromatic carbocycles. The molecule has 1 aromatic heterocycles. The minimum atomic E-state index is -0.249. The van der Waals surface area contributed by atoms with Crippen LogP contribution >= 0.6 is 0 Å². The number of halogens is 1. The van der Waals surface area contributed by atoms with Crippen molar-refractivity contribution in [3.05, 3.63) is 53.5 Å². The molecule has 0 aliphatic carbocycles. The molecule has 1 atom stereocenters. The third-order valence-electron chi connectivity index (χ3n) is 2.87. The molecule has 102 valence electrons. The van der Waals surface area contributed by atoms with Gasteiger partial charge < -0.3 is 11.1 Å². The number of anilines is 2. The lowest BCUT2D eigenvalue weighted by molar-refractivity contribution is 0.626. The molecule has 0 aliphatic heterocycles. The van der Waals surface area contributed by atoms with E-state index in [1.807, 2.05) is 6.92 Å². The fourth-order valence-electron chi connectivity index (χ4n) is 1.94. The first kappa shape index (κ1) is 13.8. The Morgan fingerprint density at radius 1 is 1.40 bits per heavy atom. The van der Waals surface area contributed by atoms with E-state index in [0.29, 0.717) is 23.5 Å². The van der Waals surface area contributed by atoms with Crippen molar-refractivity contribution in [2.24, 2.45) is 0 Å². The molecule has 4 nitrogen and oxygen atoms in total. The number of nitrogens with two attached hydrogens (primary N) is 1. The quantitative estimate of drug-likeness (QED) is 0.895. The Labute approximate surface area is 117 Å². The number of benzene rings is 1. The number of nitriles is 1. The Morgan fingerprint density at radius 3 is 2.75 bits per heavy atom. The van der Waals surface area contributed by atoms with Crippen molar-refractivity contribution >= 4 is 11.5 Å². The van der Waals surface area contributed by atoms with Crippen LogP contribution in [0.1, 0.15) is 18.1 Å². The number of hydrogen-bond donors (Lipinski definition) is 2. The zero-order chi connectivity index (χ0) is 14.5. The molecule has 0 amide bonds. The van der Waals surface area contributed by atoms with Gasteiger partial charge in [0.1, 0.15) is 17.7 Å². The van der Waals surface area contributed by atoms with Crippen LogP contribution in [0.25, 0.3) is 0 Å². The highest BCUT2D eigenvalue weighted by Gasteiger charge is 2.09. The summed E-state index contributed by atoms with van der Waals surface area (Å²) in [4.78, 5) is 4.13. The molecule has 20 heavy (non-hydrogen) atoms. The second kappa shape index (κ2) is 6.02. The van der Waals surface area contributed by atoms with Crippen LogP contribution in [-0.2, 0) is 6.42 Å². The molecule has 5 heteroatoms. The van der Waals surface area contributed by atoms with Crippen molar-refractivity contribution < 1.29 is 4.39 Å². The van der Waals surface area contributed by atoms with E-state index in [-0.39, 0.29) is 11.9 Å². The van der Waals surface area contributed by atoms with Gasteiger partial charge in [0.15, 0.2) is 0 Å². The molecular weight excluding hydrogens is 255 g/mol. The predicted molar refractivity (Wildman–Crippen MR) is 76.6 cm³/mol. The Balaban J connectivity index is 2.06. The Kier molecular flexibility index (Phi) is 4.16. The minimum absolute atomic E-state index is 0.0590. The summed E-state index contributed by atoms with van der Waals surface area (Å²) in [5.41, 5.74) is 7.48. The van der Waals surface area contributed by atoms with Gasteiger partial charge in [-0.1, -0.05) is 12.1 Å². The van der Waals surface area contributed by atoms with Gasteiger partial charge in [-0.05, 0) is 37.1 Å². The summed E-state index contributed by atoms with van der Waals surface area (Å²) < 4.78 is 12.8. The van der Waals surface area contributed by atoms with Crippen LogP contribution in [0.2, 0.25) is 0 Å². The van der Waals surface area contributed by atoms with Gasteiger partial charge in [-0.2, -0.15) is 5.26 Å². The topological polar surface area (TPSA) is 74.7 Å². The van der Waals surface area contributed by atoms with E-state index in [1.165, 1.54) is 18.3 Å². The van der Waals surface area contributed by atoms with Crippen molar-refractivity contribution in [3.8, 4) is 6.07 Å². The van der Waals surface area contributed by atoms with Crippen molar-refractivity contribution in [2.75, 3.05) is 11.1 Å². The second-order valence-corrected chi connectivity index (χ2v) is 4.65. The molecule has 0 radical (unpaired) electrons. The fourth-order valence-corrected chi connectivity index (χ4v) is 1.94. The van der Waals surface area contributed by atoms with Crippen molar-refractivity contribution in [2.45, 2.75) is 19.4 Å². The number of hydrogen-bond acceptors (Lipinski definition) is 4. The van der Waals surface area contributed by atoms with E-state index in [2.05, 4.69) is 16.4 Å². The zero-order valence-corrected chi connectivity index (χ0v) is 11.1. The maximum absolute atomic E-state index is 12.8. The first-order valence-electron chi connectivity index (χ1n) is 6.25. The lowest BCUT2D eigenvalue weighted by Crippen LogP contribution is -2.19. The summed E-state index contributed by atoms with van der Waals surface area (Å²) in [7, 11) is 0. The third kappa shape index (κ3) is 3.45. The van der Waals surface area contributed by atoms with Crippen LogP contribution in [0.5, 0.6) is 0 Å². The van der Waals surface area contributed by atoms with Gasteiger partial charge in [0.25, 0.3) is 0 Å². The summed E-state index contributed by atoms with van der Waals surface area (Å²) in [6.07, 6.45) is 2.21. The summed E-state index contributed by atoms with van der Waals surface area (Å²) in [6.45, 7) is 1.97. The van der Waals surface area contributed by atoms with Crippen molar-refractivity contribution in [1.82, 2.24) is 4.98 Å². The van der Waals surface area contributed by atoms with Crippen LogP contribution < -0.4 is 11.1 Å². The first-order chi connectivity index (χ1) is 9.58. The van der Waals surface area contributed by atoms with E-state index in [0.717, 1.165) is 5.56 Å². The van der Waals surface area contributed by atoms with Crippen LogP contribution in [0.3, 0.4) is 0 Å². The number of pyridine rings is 1. The highest BCUT2D eigenvalue weighted by molar-refractivity contribution is 5.57. The van der Waals surface area contributed by atoms with Crippen LogP contribution in [0.15, 0.2) is 36.5 Å². The van der Waals surface area contributed by atoms with Crippen LogP contribution in [-0.4, -0.2) is 11.0 Å². The normalized spacial score (nSPS) is 11.7. The van der Waals surface area contributed by atoms with E-state index in [4.69, 9.17) is 11.0 Å². The molecule has 0 bridgehead atoms. The maximum Gasteiger partial charge on any atom is 0.144 e. The van der Waals surface area contributed by atoms with E-state index in [9.17, 15) is 4.39 Å². The van der Waals surface area contributed by atoms with Gasteiger partial charge in [-0.15, -0.1) is 0 Å². The van der Waals surface area contributed by atoms with Gasteiger partial charge in [-0.3, -0.25) is 0 Å². The van der Waals surface area contributed by atoms with Gasteiger partial charge >= 0.3 is 0 Å². The second-order valence-electron chi connectivity index (χ2n) is 4.65. The molecule has 0 fully saturated rings. The fraction of sp³-hybridized carbons (Fsp3) is 0.200. The minimum Gasteiger partial charge on any atom is -0.397 e. The molecule has 0 aliphatic rings. The molecule has 2 rings (SSSR count). The van der Waals surface area contributed by atoms with E-state index in [1.54, 1.807) is 18.2 Å². The van der Waals surface area contributed by atoms with Gasteiger partial charge in [-0.25, -0.2) is 9.37 Å². The van der Waals surface area contributed by atoms with Gasteiger partial charge in [0.05, 0.1) is 17.4 Å². The zero-order valence-electron chi connectivity index (χ0n) is 11.1. The molecule has 1 heterocycles. The SMILES string of the molecule is CC(Cc1ccc(F)cc1)Nc1ncc(N)cc1C#N. The van der Waals surface area contributed by atoms with Crippen molar-refractivity contribution in [3.63, 3.8) is 0 Å². The van der Waals surface area contributed by atoms with Crippen LogP contribution in [0, 0.1) is 17.1 Å². The predicted octanol–water partition coefficient (Wildman–Crippen LogP) is 2.72. The molecule has 3 N–H and O–H groups in total. The van der Waals surface area contributed by atoms with Crippen molar-refractivity contribution in [1.29, 1.82) is 5.26 Å². The van der Waals surface area contributed by atoms with Gasteiger partial charge in [0, 0.05) is 6.04 Å². The molecule has 0 saturated carbocycles. The largest absolute Gasteiger partial charge is 0.397 e. The lowest BCUT2D eigenvalue weighted by Gasteiger charge is -2.15. The number of nitrogens with zero attached hydrogens (tertiary/aromatic N) is 2. The first-order valence-corrected chi connectivity index (χ1v) is 6.25. The standard InChI is InChI=1S/C15H15FN4/c1-10(6-11-2-4-13(16)5-3-11)20-15-12(8-17)7-14(18)9-19-15/h2-5,7,9-10H,6,18H2,1H3,(H,19,20). The molecule has 0 saturated heterocycles. The summed E-state index contributed by atoms with van der Waals surface area (Å²) in [6, 6.07) is 10.1. The molecule has 1 unspecified atom stereocenters. The Hall–Kier alpha value is -2.61. The van der Waals surface area contributed by atoms with E-state index >= 15 is 0 Å². The number of nitrogens with one attached hydrogen (secondary N) is 1. The van der Waals surface area contributed by atoms with Crippen LogP contribution in [0.4, 0.5) is 15.9 Å². The third-order valence-corrected chi connectivity index (χ3v) is 2.87. The summed E-state index contributed by atoms with van der Waals surface area (Å²) in [5, 5.41) is 12.2. The average Bonchev–Trinajstić information content (AvgIpc) is 2.43. The van der Waals surface area contributed by atoms with Gasteiger partial charge in [0.2, 0.25) is 0 Å². The highest BCUT2D eigenvalue weighted by atomic mass is 19.1. The molecule has 2 aromatic rings. The Morgan fingerprint density at radius 2 is 2.10 bits per heavy atom. The maximum atomic E-state index is 12.8. The monoisotopic (exact) mass is 270 g/mol. The van der Waals surface area contributed by atoms with E-state index < -0.39 is 0 Å². The number of rotatable bonds is 4. The smallest absolute Gasteiger partial charge is 0.144 e. The molecule has 0 spiro atoms. The number of aromatic nitrogens is 1. The average molecular weight is 270 g/mol. The summed E-state index contributed by atoms with van der Waals surface area (Å²) in [5.74, 6) is 0.262. The lowest BCUT2D eigenvalue weighted by atomic mass is 10.1.